The maximum atomic E-state index is 11.8. The van der Waals surface area contributed by atoms with E-state index < -0.39 is 11.5 Å². The first-order valence-corrected chi connectivity index (χ1v) is 6.02. The molecule has 2 N–H and O–H groups in total. The van der Waals surface area contributed by atoms with Gasteiger partial charge in [-0.3, -0.25) is 9.59 Å². The molecule has 98 valence electrons. The molecule has 1 aromatic carbocycles. The van der Waals surface area contributed by atoms with E-state index in [9.17, 15) is 9.59 Å². The van der Waals surface area contributed by atoms with Crippen LogP contribution in [0.4, 0.5) is 0 Å². The Morgan fingerprint density at radius 2 is 2.05 bits per heavy atom. The number of H-pyrrole nitrogens is 1. The van der Waals surface area contributed by atoms with Gasteiger partial charge in [0, 0.05) is 17.8 Å². The van der Waals surface area contributed by atoms with Crippen LogP contribution in [0.5, 0.6) is 0 Å². The van der Waals surface area contributed by atoms with E-state index in [0.717, 1.165) is 5.56 Å². The van der Waals surface area contributed by atoms with Crippen molar-refractivity contribution in [3.8, 4) is 0 Å². The van der Waals surface area contributed by atoms with Crippen molar-refractivity contribution in [3.63, 3.8) is 0 Å². The Bertz CT molecular complexity index is 650. The lowest BCUT2D eigenvalue weighted by Crippen LogP contribution is -2.29. The molecule has 0 saturated heterocycles. The number of nitrogens with zero attached hydrogens (tertiary/aromatic N) is 1. The van der Waals surface area contributed by atoms with Crippen LogP contribution < -0.4 is 10.9 Å². The molecule has 0 aliphatic heterocycles. The molecular formula is C13H12ClN3O2. The average molecular weight is 278 g/mol. The molecule has 5 nitrogen and oxygen atoms in total. The van der Waals surface area contributed by atoms with Crippen molar-refractivity contribution < 1.29 is 4.79 Å². The SMILES string of the molecule is Cc1ncc(C(=O)NCc2ccc(Cl)cc2)c(=O)[nH]1. The molecule has 2 aromatic rings. The van der Waals surface area contributed by atoms with Crippen molar-refractivity contribution in [1.82, 2.24) is 15.3 Å². The molecule has 1 aromatic heterocycles. The van der Waals surface area contributed by atoms with Crippen LogP contribution in [0.15, 0.2) is 35.3 Å². The number of aryl methyl sites for hydroxylation is 1. The average Bonchev–Trinajstić information content (AvgIpc) is 2.37. The Balaban J connectivity index is 2.05. The molecule has 0 atom stereocenters. The van der Waals surface area contributed by atoms with E-state index in [0.29, 0.717) is 17.4 Å². The van der Waals surface area contributed by atoms with Gasteiger partial charge in [0.2, 0.25) is 0 Å². The van der Waals surface area contributed by atoms with Gasteiger partial charge >= 0.3 is 0 Å². The van der Waals surface area contributed by atoms with Crippen LogP contribution in [0, 0.1) is 6.92 Å². The molecule has 0 aliphatic rings. The number of carbonyl (C=O) groups excluding carboxylic acids is 1. The summed E-state index contributed by atoms with van der Waals surface area (Å²) >= 11 is 5.76. The van der Waals surface area contributed by atoms with Gasteiger partial charge in [0.05, 0.1) is 0 Å². The van der Waals surface area contributed by atoms with Crippen LogP contribution in [-0.2, 0) is 6.54 Å². The Kier molecular flexibility index (Phi) is 3.97. The fraction of sp³-hybridized carbons (Fsp3) is 0.154. The number of nitrogens with one attached hydrogen (secondary N) is 2. The van der Waals surface area contributed by atoms with Crippen molar-refractivity contribution in [2.75, 3.05) is 0 Å². The highest BCUT2D eigenvalue weighted by molar-refractivity contribution is 6.30. The van der Waals surface area contributed by atoms with Gasteiger partial charge < -0.3 is 10.3 Å². The van der Waals surface area contributed by atoms with E-state index in [4.69, 9.17) is 11.6 Å². The number of halogens is 1. The third-order valence-corrected chi connectivity index (χ3v) is 2.79. The summed E-state index contributed by atoms with van der Waals surface area (Å²) in [5.41, 5.74) is 0.454. The maximum absolute atomic E-state index is 11.8. The lowest BCUT2D eigenvalue weighted by Gasteiger charge is -2.05. The van der Waals surface area contributed by atoms with Gasteiger partial charge in [-0.15, -0.1) is 0 Å². The Hall–Kier alpha value is -2.14. The molecule has 1 heterocycles. The lowest BCUT2D eigenvalue weighted by atomic mass is 10.2. The fourth-order valence-corrected chi connectivity index (χ4v) is 1.65. The van der Waals surface area contributed by atoms with Crippen molar-refractivity contribution in [1.29, 1.82) is 0 Å². The smallest absolute Gasteiger partial charge is 0.263 e. The third-order valence-electron chi connectivity index (χ3n) is 2.54. The summed E-state index contributed by atoms with van der Waals surface area (Å²) in [5.74, 6) is 0.0166. The number of hydrogen-bond donors (Lipinski definition) is 2. The summed E-state index contributed by atoms with van der Waals surface area (Å²) in [7, 11) is 0. The van der Waals surface area contributed by atoms with Gasteiger partial charge in [0.1, 0.15) is 11.4 Å². The lowest BCUT2D eigenvalue weighted by molar-refractivity contribution is 0.0949. The standard InChI is InChI=1S/C13H12ClN3O2/c1-8-15-7-11(13(19)17-8)12(18)16-6-9-2-4-10(14)5-3-9/h2-5,7H,6H2,1H3,(H,16,18)(H,15,17,19). The van der Waals surface area contributed by atoms with Crippen molar-refractivity contribution in [3.05, 3.63) is 62.8 Å². The van der Waals surface area contributed by atoms with Crippen molar-refractivity contribution in [2.45, 2.75) is 13.5 Å². The van der Waals surface area contributed by atoms with Gasteiger partial charge in [0.25, 0.3) is 11.5 Å². The summed E-state index contributed by atoms with van der Waals surface area (Å²) in [6.45, 7) is 1.97. The Morgan fingerprint density at radius 1 is 1.37 bits per heavy atom. The predicted octanol–water partition coefficient (Wildman–Crippen LogP) is 1.66. The first-order valence-electron chi connectivity index (χ1n) is 5.65. The molecule has 0 unspecified atom stereocenters. The predicted molar refractivity (Wildman–Crippen MR) is 72.2 cm³/mol. The molecule has 1 amide bonds. The molecular weight excluding hydrogens is 266 g/mol. The number of carbonyl (C=O) groups is 1. The number of aromatic amines is 1. The largest absolute Gasteiger partial charge is 0.348 e. The molecule has 6 heteroatoms. The van der Waals surface area contributed by atoms with Gasteiger partial charge in [-0.2, -0.15) is 0 Å². The minimum absolute atomic E-state index is 0.000404. The minimum Gasteiger partial charge on any atom is -0.348 e. The highest BCUT2D eigenvalue weighted by Gasteiger charge is 2.10. The highest BCUT2D eigenvalue weighted by Crippen LogP contribution is 2.09. The fourth-order valence-electron chi connectivity index (χ4n) is 1.53. The van der Waals surface area contributed by atoms with Crippen LogP contribution in [0.25, 0.3) is 0 Å². The van der Waals surface area contributed by atoms with E-state index in [1.807, 2.05) is 0 Å². The third kappa shape index (κ3) is 3.42. The van der Waals surface area contributed by atoms with E-state index in [1.165, 1.54) is 6.20 Å². The number of benzene rings is 1. The first-order chi connectivity index (χ1) is 9.06. The monoisotopic (exact) mass is 277 g/mol. The molecule has 0 fully saturated rings. The molecule has 19 heavy (non-hydrogen) atoms. The minimum atomic E-state index is -0.455. The molecule has 0 bridgehead atoms. The van der Waals surface area contributed by atoms with Gasteiger partial charge in [-0.1, -0.05) is 23.7 Å². The quantitative estimate of drug-likeness (QED) is 0.896. The van der Waals surface area contributed by atoms with Crippen LogP contribution >= 0.6 is 11.6 Å². The van der Waals surface area contributed by atoms with Crippen LogP contribution in [-0.4, -0.2) is 15.9 Å². The molecule has 0 spiro atoms. The summed E-state index contributed by atoms with van der Waals surface area (Å²) < 4.78 is 0. The van der Waals surface area contributed by atoms with E-state index in [-0.39, 0.29) is 5.56 Å². The first kappa shape index (κ1) is 13.3. The van der Waals surface area contributed by atoms with Crippen molar-refractivity contribution in [2.24, 2.45) is 0 Å². The van der Waals surface area contributed by atoms with Gasteiger partial charge in [-0.25, -0.2) is 4.98 Å². The summed E-state index contributed by atoms with van der Waals surface area (Å²) in [6.07, 6.45) is 1.27. The van der Waals surface area contributed by atoms with E-state index >= 15 is 0 Å². The summed E-state index contributed by atoms with van der Waals surface area (Å²) in [6, 6.07) is 7.09. The summed E-state index contributed by atoms with van der Waals surface area (Å²) in [5, 5.41) is 3.29. The summed E-state index contributed by atoms with van der Waals surface area (Å²) in [4.78, 5) is 29.8. The Morgan fingerprint density at radius 3 is 2.68 bits per heavy atom. The second-order valence-electron chi connectivity index (χ2n) is 4.02. The maximum Gasteiger partial charge on any atom is 0.263 e. The van der Waals surface area contributed by atoms with E-state index in [2.05, 4.69) is 15.3 Å². The second-order valence-corrected chi connectivity index (χ2v) is 4.46. The number of hydrogen-bond acceptors (Lipinski definition) is 3. The van der Waals surface area contributed by atoms with Crippen molar-refractivity contribution >= 4 is 17.5 Å². The topological polar surface area (TPSA) is 74.8 Å². The van der Waals surface area contributed by atoms with Gasteiger partial charge in [-0.05, 0) is 24.6 Å². The van der Waals surface area contributed by atoms with Crippen LogP contribution in [0.2, 0.25) is 5.02 Å². The number of amides is 1. The Labute approximate surface area is 114 Å². The molecule has 0 radical (unpaired) electrons. The zero-order chi connectivity index (χ0) is 13.8. The van der Waals surface area contributed by atoms with Crippen LogP contribution in [0.3, 0.4) is 0 Å². The number of rotatable bonds is 3. The van der Waals surface area contributed by atoms with Crippen LogP contribution in [0.1, 0.15) is 21.7 Å². The zero-order valence-electron chi connectivity index (χ0n) is 10.2. The normalized spacial score (nSPS) is 10.2. The van der Waals surface area contributed by atoms with Gasteiger partial charge in [0.15, 0.2) is 0 Å². The second kappa shape index (κ2) is 5.67. The number of aromatic nitrogens is 2. The van der Waals surface area contributed by atoms with E-state index in [1.54, 1.807) is 31.2 Å². The zero-order valence-corrected chi connectivity index (χ0v) is 11.0. The molecule has 0 aliphatic carbocycles. The molecule has 0 saturated carbocycles. The molecule has 2 rings (SSSR count). The highest BCUT2D eigenvalue weighted by atomic mass is 35.5.